The topological polar surface area (TPSA) is 104 Å². The van der Waals surface area contributed by atoms with Gasteiger partial charge in [0.15, 0.2) is 0 Å². The highest BCUT2D eigenvalue weighted by atomic mass is 32.2. The number of benzene rings is 1. The molecular formula is C18H24N2O5S. The lowest BCUT2D eigenvalue weighted by atomic mass is 9.81. The van der Waals surface area contributed by atoms with Crippen LogP contribution in [0.15, 0.2) is 18.2 Å². The van der Waals surface area contributed by atoms with Gasteiger partial charge in [0.25, 0.3) is 5.91 Å². The Morgan fingerprint density at radius 1 is 1.15 bits per heavy atom. The Balaban J connectivity index is 1.83. The molecule has 2 aliphatic rings. The van der Waals surface area contributed by atoms with Crippen molar-refractivity contribution in [2.45, 2.75) is 51.0 Å². The summed E-state index contributed by atoms with van der Waals surface area (Å²) in [6.07, 6.45) is 3.97. The summed E-state index contributed by atoms with van der Waals surface area (Å²) < 4.78 is 25.5. The number of sulfonamides is 1. The molecule has 0 aromatic heterocycles. The van der Waals surface area contributed by atoms with E-state index in [0.29, 0.717) is 42.6 Å². The maximum atomic E-state index is 12.7. The molecule has 142 valence electrons. The number of carboxylic acid groups (broad SMARTS) is 1. The quantitative estimate of drug-likeness (QED) is 0.832. The first-order valence-electron chi connectivity index (χ1n) is 8.92. The number of hydrogen-bond donors (Lipinski definition) is 2. The maximum Gasteiger partial charge on any atom is 0.329 e. The predicted molar refractivity (Wildman–Crippen MR) is 97.8 cm³/mol. The van der Waals surface area contributed by atoms with Crippen molar-refractivity contribution < 1.29 is 23.1 Å². The average Bonchev–Trinajstić information content (AvgIpc) is 2.94. The largest absolute Gasteiger partial charge is 0.480 e. The molecule has 1 aliphatic carbocycles. The molecule has 0 radical (unpaired) electrons. The molecular weight excluding hydrogens is 356 g/mol. The summed E-state index contributed by atoms with van der Waals surface area (Å²) in [6, 6.07) is 4.86. The van der Waals surface area contributed by atoms with E-state index in [4.69, 9.17) is 0 Å². The van der Waals surface area contributed by atoms with Crippen molar-refractivity contribution in [2.75, 3.05) is 16.6 Å². The smallest absolute Gasteiger partial charge is 0.329 e. The summed E-state index contributed by atoms with van der Waals surface area (Å²) in [5.74, 6) is -1.29. The zero-order valence-corrected chi connectivity index (χ0v) is 15.6. The Kier molecular flexibility index (Phi) is 4.96. The number of nitrogens with one attached hydrogen (secondary N) is 1. The van der Waals surface area contributed by atoms with Gasteiger partial charge in [0.2, 0.25) is 10.0 Å². The fraction of sp³-hybridized carbons (Fsp3) is 0.556. The van der Waals surface area contributed by atoms with Gasteiger partial charge in [-0.25, -0.2) is 13.2 Å². The van der Waals surface area contributed by atoms with E-state index in [1.807, 2.05) is 0 Å². The Morgan fingerprint density at radius 3 is 2.38 bits per heavy atom. The second-order valence-electron chi connectivity index (χ2n) is 7.14. The van der Waals surface area contributed by atoms with Crippen molar-refractivity contribution in [1.29, 1.82) is 0 Å². The van der Waals surface area contributed by atoms with Crippen LogP contribution in [0.25, 0.3) is 0 Å². The van der Waals surface area contributed by atoms with E-state index in [1.165, 1.54) is 4.31 Å². The lowest BCUT2D eigenvalue weighted by molar-refractivity contribution is -0.145. The highest BCUT2D eigenvalue weighted by molar-refractivity contribution is 7.93. The summed E-state index contributed by atoms with van der Waals surface area (Å²) >= 11 is 0. The third-order valence-corrected chi connectivity index (χ3v) is 7.18. The van der Waals surface area contributed by atoms with Crippen LogP contribution in [0, 0.1) is 6.92 Å². The number of carboxylic acids is 1. The monoisotopic (exact) mass is 380 g/mol. The average molecular weight is 380 g/mol. The number of hydrogen-bond acceptors (Lipinski definition) is 4. The molecule has 1 amide bonds. The first-order valence-corrected chi connectivity index (χ1v) is 10.5. The minimum atomic E-state index is -3.28. The van der Waals surface area contributed by atoms with E-state index >= 15 is 0 Å². The summed E-state index contributed by atoms with van der Waals surface area (Å²) in [5.41, 5.74) is 0.329. The van der Waals surface area contributed by atoms with E-state index < -0.39 is 27.4 Å². The number of nitrogens with zero attached hydrogens (tertiary/aromatic N) is 1. The van der Waals surface area contributed by atoms with Gasteiger partial charge >= 0.3 is 5.97 Å². The van der Waals surface area contributed by atoms with E-state index in [2.05, 4.69) is 5.32 Å². The van der Waals surface area contributed by atoms with Crippen molar-refractivity contribution in [3.8, 4) is 0 Å². The molecule has 0 atom stereocenters. The van der Waals surface area contributed by atoms with Crippen molar-refractivity contribution in [3.63, 3.8) is 0 Å². The van der Waals surface area contributed by atoms with Gasteiger partial charge < -0.3 is 10.4 Å². The van der Waals surface area contributed by atoms with Gasteiger partial charge in [0.05, 0.1) is 11.4 Å². The van der Waals surface area contributed by atoms with Gasteiger partial charge in [0, 0.05) is 12.1 Å². The van der Waals surface area contributed by atoms with Crippen LogP contribution in [0.4, 0.5) is 5.69 Å². The SMILES string of the molecule is Cc1cc(N2CCCS2(=O)=O)ccc1C(=O)NC1(C(=O)O)CCCCC1. The molecule has 7 nitrogen and oxygen atoms in total. The molecule has 0 unspecified atom stereocenters. The number of aryl methyl sites for hydroxylation is 1. The van der Waals surface area contributed by atoms with E-state index in [0.717, 1.165) is 19.3 Å². The van der Waals surface area contributed by atoms with E-state index in [1.54, 1.807) is 25.1 Å². The molecule has 2 N–H and O–H groups in total. The summed E-state index contributed by atoms with van der Waals surface area (Å²) in [7, 11) is -3.28. The molecule has 8 heteroatoms. The number of amides is 1. The van der Waals surface area contributed by atoms with Gasteiger partial charge in [-0.1, -0.05) is 19.3 Å². The maximum absolute atomic E-state index is 12.7. The van der Waals surface area contributed by atoms with Gasteiger partial charge in [-0.2, -0.15) is 0 Å². The highest BCUT2D eigenvalue weighted by Crippen LogP contribution is 2.30. The third kappa shape index (κ3) is 3.42. The standard InChI is InChI=1S/C18H24N2O5S/c1-13-12-14(20-10-5-11-26(20,24)25)6-7-15(13)16(21)19-18(17(22)23)8-3-2-4-9-18/h6-7,12H,2-5,8-11H2,1H3,(H,19,21)(H,22,23). The van der Waals surface area contributed by atoms with Crippen molar-refractivity contribution in [2.24, 2.45) is 0 Å². The molecule has 0 spiro atoms. The van der Waals surface area contributed by atoms with E-state index in [-0.39, 0.29) is 5.75 Å². The van der Waals surface area contributed by atoms with Crippen molar-refractivity contribution in [3.05, 3.63) is 29.3 Å². The molecule has 26 heavy (non-hydrogen) atoms. The Labute approximate surface area is 153 Å². The molecule has 1 aliphatic heterocycles. The molecule has 3 rings (SSSR count). The summed E-state index contributed by atoms with van der Waals surface area (Å²) in [6.45, 7) is 2.17. The minimum Gasteiger partial charge on any atom is -0.480 e. The zero-order chi connectivity index (χ0) is 18.9. The van der Waals surface area contributed by atoms with Gasteiger partial charge in [-0.3, -0.25) is 9.10 Å². The number of aliphatic carboxylic acids is 1. The zero-order valence-electron chi connectivity index (χ0n) is 14.8. The number of anilines is 1. The van der Waals surface area contributed by atoms with Crippen molar-refractivity contribution in [1.82, 2.24) is 5.32 Å². The first kappa shape index (κ1) is 18.7. The van der Waals surface area contributed by atoms with Crippen LogP contribution < -0.4 is 9.62 Å². The molecule has 1 heterocycles. The second kappa shape index (κ2) is 6.90. The first-order chi connectivity index (χ1) is 12.3. The molecule has 1 aromatic rings. The van der Waals surface area contributed by atoms with Crippen LogP contribution in [0.2, 0.25) is 0 Å². The van der Waals surface area contributed by atoms with Gasteiger partial charge in [-0.15, -0.1) is 0 Å². The minimum absolute atomic E-state index is 0.134. The lowest BCUT2D eigenvalue weighted by Gasteiger charge is -2.34. The molecule has 1 aromatic carbocycles. The Bertz CT molecular complexity index is 828. The number of rotatable bonds is 4. The number of carbonyl (C=O) groups excluding carboxylic acids is 1. The fourth-order valence-electron chi connectivity index (χ4n) is 3.82. The Morgan fingerprint density at radius 2 is 1.85 bits per heavy atom. The van der Waals surface area contributed by atoms with Crippen LogP contribution in [0.1, 0.15) is 54.4 Å². The lowest BCUT2D eigenvalue weighted by Crippen LogP contribution is -2.55. The van der Waals surface area contributed by atoms with E-state index in [9.17, 15) is 23.1 Å². The van der Waals surface area contributed by atoms with Gasteiger partial charge in [-0.05, 0) is 49.9 Å². The molecule has 2 fully saturated rings. The molecule has 0 bridgehead atoms. The third-order valence-electron chi connectivity index (χ3n) is 5.31. The molecule has 1 saturated heterocycles. The van der Waals surface area contributed by atoms with Crippen LogP contribution >= 0.6 is 0 Å². The van der Waals surface area contributed by atoms with Gasteiger partial charge in [0.1, 0.15) is 5.54 Å². The van der Waals surface area contributed by atoms with Crippen molar-refractivity contribution >= 4 is 27.6 Å². The van der Waals surface area contributed by atoms with Crippen LogP contribution in [-0.2, 0) is 14.8 Å². The summed E-state index contributed by atoms with van der Waals surface area (Å²) in [4.78, 5) is 24.4. The fourth-order valence-corrected chi connectivity index (χ4v) is 5.38. The molecule has 1 saturated carbocycles. The normalized spacial score (nSPS) is 21.3. The summed E-state index contributed by atoms with van der Waals surface area (Å²) in [5, 5.41) is 12.3. The highest BCUT2D eigenvalue weighted by Gasteiger charge is 2.41. The predicted octanol–water partition coefficient (Wildman–Crippen LogP) is 2.05. The second-order valence-corrected chi connectivity index (χ2v) is 9.16. The van der Waals surface area contributed by atoms with Crippen LogP contribution in [0.5, 0.6) is 0 Å². The van der Waals surface area contributed by atoms with Crippen LogP contribution in [0.3, 0.4) is 0 Å². The Hall–Kier alpha value is -2.09. The number of carbonyl (C=O) groups is 2. The van der Waals surface area contributed by atoms with Crippen LogP contribution in [-0.4, -0.2) is 43.2 Å².